The van der Waals surface area contributed by atoms with Gasteiger partial charge in [0, 0.05) is 75.9 Å². The average Bonchev–Trinajstić information content (AvgIpc) is 3.27. The highest BCUT2D eigenvalue weighted by Gasteiger charge is 2.24. The quantitative estimate of drug-likeness (QED) is 0.493. The first-order valence-corrected chi connectivity index (χ1v) is 13.6. The van der Waals surface area contributed by atoms with Gasteiger partial charge in [-0.15, -0.1) is 0 Å². The molecule has 10 heteroatoms. The van der Waals surface area contributed by atoms with Crippen molar-refractivity contribution in [3.63, 3.8) is 0 Å². The number of carbonyl (C=O) groups excluding carboxylic acids is 3. The Morgan fingerprint density at radius 2 is 1.52 bits per heavy atom. The summed E-state index contributed by atoms with van der Waals surface area (Å²) in [6.45, 7) is 5.34. The SMILES string of the molecule is O=C(Nc1cc(C(=O)N2CCNCC2)ccc1N1CCCN(C(=O)c2ccncc2)CC1)OCc1ccccc1. The molecule has 0 bridgehead atoms. The summed E-state index contributed by atoms with van der Waals surface area (Å²) in [5.74, 6) is -0.0946. The molecule has 2 N–H and O–H groups in total. The number of hydrogen-bond acceptors (Lipinski definition) is 7. The number of aromatic nitrogens is 1. The molecule has 1 aromatic heterocycles. The Hall–Kier alpha value is -4.44. The zero-order valence-electron chi connectivity index (χ0n) is 22.4. The fraction of sp³-hybridized carbons (Fsp3) is 0.333. The normalized spacial score (nSPS) is 15.8. The number of hydrogen-bond donors (Lipinski definition) is 2. The van der Waals surface area contributed by atoms with E-state index in [0.717, 1.165) is 30.8 Å². The topological polar surface area (TPSA) is 107 Å². The van der Waals surface area contributed by atoms with Crippen molar-refractivity contribution in [2.75, 3.05) is 62.6 Å². The van der Waals surface area contributed by atoms with Gasteiger partial charge >= 0.3 is 6.09 Å². The van der Waals surface area contributed by atoms with Gasteiger partial charge in [0.2, 0.25) is 0 Å². The molecule has 0 aliphatic carbocycles. The number of rotatable bonds is 6. The lowest BCUT2D eigenvalue weighted by atomic mass is 10.1. The first-order valence-electron chi connectivity index (χ1n) is 13.6. The van der Waals surface area contributed by atoms with Gasteiger partial charge in [0.25, 0.3) is 11.8 Å². The lowest BCUT2D eigenvalue weighted by Crippen LogP contribution is -2.46. The maximum absolute atomic E-state index is 13.2. The molecule has 0 radical (unpaired) electrons. The fourth-order valence-corrected chi connectivity index (χ4v) is 5.00. The van der Waals surface area contributed by atoms with Crippen LogP contribution < -0.4 is 15.5 Å². The lowest BCUT2D eigenvalue weighted by molar-refractivity contribution is 0.0734. The number of amides is 3. The number of anilines is 2. The summed E-state index contributed by atoms with van der Waals surface area (Å²) < 4.78 is 5.48. The molecule has 40 heavy (non-hydrogen) atoms. The van der Waals surface area contributed by atoms with Crippen molar-refractivity contribution in [1.82, 2.24) is 20.1 Å². The highest BCUT2D eigenvalue weighted by molar-refractivity contribution is 5.99. The molecule has 2 aromatic carbocycles. The molecule has 5 rings (SSSR count). The second-order valence-electron chi connectivity index (χ2n) is 9.83. The summed E-state index contributed by atoms with van der Waals surface area (Å²) in [6.07, 6.45) is 3.40. The van der Waals surface area contributed by atoms with E-state index in [1.807, 2.05) is 52.3 Å². The van der Waals surface area contributed by atoms with Crippen LogP contribution in [0.15, 0.2) is 73.1 Å². The monoisotopic (exact) mass is 542 g/mol. The molecule has 2 fully saturated rings. The maximum Gasteiger partial charge on any atom is 0.412 e. The average molecular weight is 543 g/mol. The van der Waals surface area contributed by atoms with E-state index in [0.29, 0.717) is 56.1 Å². The van der Waals surface area contributed by atoms with Crippen molar-refractivity contribution in [3.8, 4) is 0 Å². The summed E-state index contributed by atoms with van der Waals surface area (Å²) >= 11 is 0. The molecule has 0 atom stereocenters. The first kappa shape index (κ1) is 27.1. The molecule has 2 aliphatic rings. The van der Waals surface area contributed by atoms with E-state index in [1.165, 1.54) is 0 Å². The summed E-state index contributed by atoms with van der Waals surface area (Å²) in [4.78, 5) is 48.9. The zero-order chi connectivity index (χ0) is 27.7. The molecule has 10 nitrogen and oxygen atoms in total. The van der Waals surface area contributed by atoms with Crippen LogP contribution in [0.4, 0.5) is 16.2 Å². The van der Waals surface area contributed by atoms with Gasteiger partial charge in [-0.25, -0.2) is 4.79 Å². The van der Waals surface area contributed by atoms with Crippen LogP contribution in [0.5, 0.6) is 0 Å². The van der Waals surface area contributed by atoms with E-state index < -0.39 is 6.09 Å². The number of pyridine rings is 1. The van der Waals surface area contributed by atoms with Crippen molar-refractivity contribution in [2.24, 2.45) is 0 Å². The summed E-state index contributed by atoms with van der Waals surface area (Å²) in [5, 5.41) is 6.14. The number of nitrogens with zero attached hydrogens (tertiary/aromatic N) is 4. The Labute approximate surface area is 233 Å². The van der Waals surface area contributed by atoms with E-state index in [-0.39, 0.29) is 18.4 Å². The van der Waals surface area contributed by atoms with Crippen molar-refractivity contribution in [1.29, 1.82) is 0 Å². The Balaban J connectivity index is 1.33. The van der Waals surface area contributed by atoms with Crippen LogP contribution in [-0.2, 0) is 11.3 Å². The lowest BCUT2D eigenvalue weighted by Gasteiger charge is -2.29. The molecule has 3 amide bonds. The first-order chi connectivity index (χ1) is 19.6. The largest absolute Gasteiger partial charge is 0.444 e. The van der Waals surface area contributed by atoms with Gasteiger partial charge < -0.3 is 24.8 Å². The molecule has 0 spiro atoms. The summed E-state index contributed by atoms with van der Waals surface area (Å²) in [5.41, 5.74) is 3.29. The Morgan fingerprint density at radius 3 is 2.30 bits per heavy atom. The van der Waals surface area contributed by atoms with Crippen molar-refractivity contribution in [2.45, 2.75) is 13.0 Å². The Morgan fingerprint density at radius 1 is 0.800 bits per heavy atom. The molecule has 3 heterocycles. The van der Waals surface area contributed by atoms with Gasteiger partial charge in [-0.2, -0.15) is 0 Å². The smallest absolute Gasteiger partial charge is 0.412 e. The number of ether oxygens (including phenoxy) is 1. The minimum Gasteiger partial charge on any atom is -0.444 e. The molecule has 2 saturated heterocycles. The molecule has 0 unspecified atom stereocenters. The van der Waals surface area contributed by atoms with Crippen molar-refractivity contribution in [3.05, 3.63) is 89.7 Å². The Kier molecular flexibility index (Phi) is 8.87. The number of piperazine rings is 1. The van der Waals surface area contributed by atoms with Crippen LogP contribution in [0.25, 0.3) is 0 Å². The highest BCUT2D eigenvalue weighted by atomic mass is 16.5. The third-order valence-corrected chi connectivity index (χ3v) is 7.15. The predicted octanol–water partition coefficient (Wildman–Crippen LogP) is 3.23. The van der Waals surface area contributed by atoms with Crippen LogP contribution >= 0.6 is 0 Å². The number of benzene rings is 2. The van der Waals surface area contributed by atoms with Gasteiger partial charge in [-0.05, 0) is 42.3 Å². The third kappa shape index (κ3) is 6.76. The van der Waals surface area contributed by atoms with E-state index in [4.69, 9.17) is 4.74 Å². The summed E-state index contributed by atoms with van der Waals surface area (Å²) in [7, 11) is 0. The van der Waals surface area contributed by atoms with Crippen LogP contribution in [0.1, 0.15) is 32.7 Å². The Bertz CT molecular complexity index is 1310. The molecule has 2 aliphatic heterocycles. The minimum absolute atomic E-state index is 0.0240. The van der Waals surface area contributed by atoms with Crippen LogP contribution in [0.2, 0.25) is 0 Å². The molecular formula is C30H34N6O4. The third-order valence-electron chi connectivity index (χ3n) is 7.15. The van der Waals surface area contributed by atoms with Gasteiger partial charge in [0.05, 0.1) is 11.4 Å². The molecule has 208 valence electrons. The molecule has 0 saturated carbocycles. The van der Waals surface area contributed by atoms with Crippen LogP contribution in [-0.4, -0.2) is 85.0 Å². The second kappa shape index (κ2) is 13.1. The van der Waals surface area contributed by atoms with E-state index in [1.54, 1.807) is 30.6 Å². The van der Waals surface area contributed by atoms with Gasteiger partial charge in [0.1, 0.15) is 6.61 Å². The second-order valence-corrected chi connectivity index (χ2v) is 9.83. The van der Waals surface area contributed by atoms with Gasteiger partial charge in [-0.1, -0.05) is 30.3 Å². The number of nitrogens with one attached hydrogen (secondary N) is 2. The fourth-order valence-electron chi connectivity index (χ4n) is 5.00. The van der Waals surface area contributed by atoms with Gasteiger partial charge in [0.15, 0.2) is 0 Å². The van der Waals surface area contributed by atoms with Crippen LogP contribution in [0.3, 0.4) is 0 Å². The summed E-state index contributed by atoms with van der Waals surface area (Å²) in [6, 6.07) is 18.3. The maximum atomic E-state index is 13.2. The van der Waals surface area contributed by atoms with Crippen LogP contribution in [0, 0.1) is 0 Å². The standard InChI is InChI=1S/C30H34N6O4/c37-28(24-9-11-31-12-10-24)35-16-4-15-34(19-20-35)27-8-7-25(29(38)36-17-13-32-14-18-36)21-26(27)33-30(39)40-22-23-5-2-1-3-6-23/h1-3,5-12,21,32H,4,13-20,22H2,(H,33,39). The predicted molar refractivity (Wildman–Crippen MR) is 152 cm³/mol. The minimum atomic E-state index is -0.596. The van der Waals surface area contributed by atoms with Crippen molar-refractivity contribution >= 4 is 29.3 Å². The van der Waals surface area contributed by atoms with E-state index >= 15 is 0 Å². The zero-order valence-corrected chi connectivity index (χ0v) is 22.4. The van der Waals surface area contributed by atoms with E-state index in [2.05, 4.69) is 20.5 Å². The van der Waals surface area contributed by atoms with Gasteiger partial charge in [-0.3, -0.25) is 19.9 Å². The van der Waals surface area contributed by atoms with E-state index in [9.17, 15) is 14.4 Å². The van der Waals surface area contributed by atoms with Crippen molar-refractivity contribution < 1.29 is 19.1 Å². The molecule has 3 aromatic rings. The number of carbonyl (C=O) groups is 3. The highest BCUT2D eigenvalue weighted by Crippen LogP contribution is 2.29. The molecular weight excluding hydrogens is 508 g/mol.